The molecule has 0 amide bonds. The van der Waals surface area contributed by atoms with E-state index in [-0.39, 0.29) is 18.1 Å². The van der Waals surface area contributed by atoms with Crippen molar-refractivity contribution in [1.82, 2.24) is 0 Å². The summed E-state index contributed by atoms with van der Waals surface area (Å²) in [5.41, 5.74) is 2.25. The number of ether oxygens (including phenoxy) is 2. The summed E-state index contributed by atoms with van der Waals surface area (Å²) in [4.78, 5) is 0. The van der Waals surface area contributed by atoms with Gasteiger partial charge in [0.2, 0.25) is 0 Å². The zero-order valence-corrected chi connectivity index (χ0v) is 13.1. The Kier molecular flexibility index (Phi) is 4.71. The highest BCUT2D eigenvalue weighted by atomic mass is 16.5. The van der Waals surface area contributed by atoms with Crippen LogP contribution >= 0.6 is 0 Å². The number of benzene rings is 1. The van der Waals surface area contributed by atoms with Gasteiger partial charge >= 0.3 is 0 Å². The smallest absolute Gasteiger partial charge is 0.122 e. The molecule has 20 heavy (non-hydrogen) atoms. The van der Waals surface area contributed by atoms with Gasteiger partial charge in [0.25, 0.3) is 0 Å². The van der Waals surface area contributed by atoms with Crippen LogP contribution in [0.5, 0.6) is 5.75 Å². The molecule has 5 atom stereocenters. The van der Waals surface area contributed by atoms with Crippen molar-refractivity contribution in [1.29, 1.82) is 0 Å². The molecule has 1 aromatic rings. The van der Waals surface area contributed by atoms with Crippen LogP contribution in [0.4, 0.5) is 0 Å². The molecule has 0 radical (unpaired) electrons. The van der Waals surface area contributed by atoms with Crippen molar-refractivity contribution < 1.29 is 14.6 Å². The van der Waals surface area contributed by atoms with Crippen molar-refractivity contribution in [2.24, 2.45) is 11.8 Å². The molecule has 0 spiro atoms. The predicted octanol–water partition coefficient (Wildman–Crippen LogP) is 2.97. The second-order valence-corrected chi connectivity index (χ2v) is 6.07. The van der Waals surface area contributed by atoms with Crippen molar-refractivity contribution in [2.45, 2.75) is 52.4 Å². The highest BCUT2D eigenvalue weighted by Crippen LogP contribution is 2.36. The highest BCUT2D eigenvalue weighted by molar-refractivity contribution is 5.37. The predicted molar refractivity (Wildman–Crippen MR) is 80.1 cm³/mol. The van der Waals surface area contributed by atoms with E-state index in [0.717, 1.165) is 11.3 Å². The van der Waals surface area contributed by atoms with Crippen LogP contribution in [-0.4, -0.2) is 30.5 Å². The summed E-state index contributed by atoms with van der Waals surface area (Å²) in [5.74, 6) is 1.40. The fourth-order valence-electron chi connectivity index (χ4n) is 3.39. The highest BCUT2D eigenvalue weighted by Gasteiger charge is 2.41. The third kappa shape index (κ3) is 2.99. The Bertz CT molecular complexity index is 458. The van der Waals surface area contributed by atoms with Gasteiger partial charge in [-0.25, -0.2) is 0 Å². The van der Waals surface area contributed by atoms with Gasteiger partial charge in [-0.05, 0) is 38.3 Å². The molecule has 0 bridgehead atoms. The first-order chi connectivity index (χ1) is 9.43. The molecule has 2 rings (SSSR count). The first-order valence-corrected chi connectivity index (χ1v) is 7.41. The van der Waals surface area contributed by atoms with Crippen LogP contribution in [0.15, 0.2) is 18.2 Å². The molecular formula is C17H26O3. The fourth-order valence-corrected chi connectivity index (χ4v) is 3.39. The van der Waals surface area contributed by atoms with Gasteiger partial charge in [-0.15, -0.1) is 0 Å². The zero-order chi connectivity index (χ0) is 14.9. The Morgan fingerprint density at radius 1 is 1.25 bits per heavy atom. The van der Waals surface area contributed by atoms with Crippen molar-refractivity contribution in [3.05, 3.63) is 29.3 Å². The molecule has 1 N–H and O–H groups in total. The third-order valence-corrected chi connectivity index (χ3v) is 4.63. The number of aryl methyl sites for hydroxylation is 1. The lowest BCUT2D eigenvalue weighted by Crippen LogP contribution is -2.32. The van der Waals surface area contributed by atoms with Gasteiger partial charge in [-0.1, -0.05) is 24.6 Å². The molecule has 1 saturated heterocycles. The van der Waals surface area contributed by atoms with Crippen LogP contribution < -0.4 is 4.74 Å². The molecule has 1 fully saturated rings. The molecule has 3 heteroatoms. The molecular weight excluding hydrogens is 252 g/mol. The lowest BCUT2D eigenvalue weighted by Gasteiger charge is -2.25. The number of aliphatic hydroxyl groups excluding tert-OH is 1. The van der Waals surface area contributed by atoms with Crippen LogP contribution in [0, 0.1) is 18.8 Å². The average Bonchev–Trinajstić information content (AvgIpc) is 2.63. The minimum absolute atomic E-state index is 0.103. The summed E-state index contributed by atoms with van der Waals surface area (Å²) in [6.45, 7) is 8.36. The van der Waals surface area contributed by atoms with E-state index in [2.05, 4.69) is 33.8 Å². The van der Waals surface area contributed by atoms with Gasteiger partial charge in [0.15, 0.2) is 0 Å². The van der Waals surface area contributed by atoms with Gasteiger partial charge in [-0.2, -0.15) is 0 Å². The Balaban J connectivity index is 2.15. The Morgan fingerprint density at radius 3 is 2.50 bits per heavy atom. The minimum atomic E-state index is -0.402. The fraction of sp³-hybridized carbons (Fsp3) is 0.647. The van der Waals surface area contributed by atoms with Crippen LogP contribution in [-0.2, 0) is 11.2 Å². The largest absolute Gasteiger partial charge is 0.496 e. The van der Waals surface area contributed by atoms with Crippen LogP contribution in [0.25, 0.3) is 0 Å². The van der Waals surface area contributed by atoms with E-state index >= 15 is 0 Å². The second-order valence-electron chi connectivity index (χ2n) is 6.07. The summed E-state index contributed by atoms with van der Waals surface area (Å²) >= 11 is 0. The lowest BCUT2D eigenvalue weighted by atomic mass is 9.82. The lowest BCUT2D eigenvalue weighted by molar-refractivity contribution is 0.0238. The summed E-state index contributed by atoms with van der Waals surface area (Å²) in [6.07, 6.45) is 0.524. The van der Waals surface area contributed by atoms with Crippen molar-refractivity contribution >= 4 is 0 Å². The number of hydrogen-bond acceptors (Lipinski definition) is 3. The van der Waals surface area contributed by atoms with Gasteiger partial charge in [0.1, 0.15) is 5.75 Å². The van der Waals surface area contributed by atoms with Crippen LogP contribution in [0.2, 0.25) is 0 Å². The van der Waals surface area contributed by atoms with E-state index in [4.69, 9.17) is 9.47 Å². The van der Waals surface area contributed by atoms with Crippen molar-refractivity contribution in [3.63, 3.8) is 0 Å². The van der Waals surface area contributed by atoms with E-state index in [0.29, 0.717) is 12.3 Å². The normalized spacial score (nSPS) is 31.3. The first-order valence-electron chi connectivity index (χ1n) is 7.41. The minimum Gasteiger partial charge on any atom is -0.496 e. The average molecular weight is 278 g/mol. The van der Waals surface area contributed by atoms with Crippen molar-refractivity contribution in [3.8, 4) is 5.75 Å². The molecule has 1 heterocycles. The molecule has 1 aliphatic heterocycles. The van der Waals surface area contributed by atoms with Gasteiger partial charge < -0.3 is 14.6 Å². The molecule has 5 unspecified atom stereocenters. The second kappa shape index (κ2) is 6.15. The first kappa shape index (κ1) is 15.3. The summed E-state index contributed by atoms with van der Waals surface area (Å²) in [6, 6.07) is 6.09. The van der Waals surface area contributed by atoms with Crippen molar-refractivity contribution in [2.75, 3.05) is 7.11 Å². The maximum Gasteiger partial charge on any atom is 0.122 e. The van der Waals surface area contributed by atoms with E-state index in [1.54, 1.807) is 7.11 Å². The number of hydrogen-bond donors (Lipinski definition) is 1. The van der Waals surface area contributed by atoms with E-state index in [1.807, 2.05) is 12.1 Å². The van der Waals surface area contributed by atoms with Crippen LogP contribution in [0.1, 0.15) is 31.9 Å². The van der Waals surface area contributed by atoms with E-state index in [1.165, 1.54) is 5.56 Å². The molecule has 1 aliphatic rings. The molecule has 0 aromatic heterocycles. The summed E-state index contributed by atoms with van der Waals surface area (Å²) in [7, 11) is 1.67. The maximum absolute atomic E-state index is 10.6. The molecule has 0 saturated carbocycles. The SMILES string of the molecule is COc1ccc(C)cc1CC(O)C1C(C)OC(C)C1C. The van der Waals surface area contributed by atoms with Gasteiger partial charge in [0, 0.05) is 12.3 Å². The quantitative estimate of drug-likeness (QED) is 0.920. The van der Waals surface area contributed by atoms with Gasteiger partial charge in [-0.3, -0.25) is 0 Å². The molecule has 3 nitrogen and oxygen atoms in total. The van der Waals surface area contributed by atoms with Crippen LogP contribution in [0.3, 0.4) is 0 Å². The Hall–Kier alpha value is -1.06. The molecule has 1 aromatic carbocycles. The topological polar surface area (TPSA) is 38.7 Å². The number of rotatable bonds is 4. The molecule has 112 valence electrons. The summed E-state index contributed by atoms with van der Waals surface area (Å²) in [5, 5.41) is 10.6. The third-order valence-electron chi connectivity index (χ3n) is 4.63. The van der Waals surface area contributed by atoms with E-state index in [9.17, 15) is 5.11 Å². The summed E-state index contributed by atoms with van der Waals surface area (Å²) < 4.78 is 11.2. The monoisotopic (exact) mass is 278 g/mol. The standard InChI is InChI=1S/C17H26O3/c1-10-6-7-16(19-5)14(8-10)9-15(18)17-11(2)12(3)20-13(17)4/h6-8,11-13,15,17-18H,9H2,1-5H3. The van der Waals surface area contributed by atoms with Gasteiger partial charge in [0.05, 0.1) is 25.4 Å². The molecule has 0 aliphatic carbocycles. The zero-order valence-electron chi connectivity index (χ0n) is 13.1. The van der Waals surface area contributed by atoms with E-state index < -0.39 is 6.10 Å². The maximum atomic E-state index is 10.6. The Morgan fingerprint density at radius 2 is 1.95 bits per heavy atom. The number of methoxy groups -OCH3 is 1. The Labute approximate surface area is 121 Å². The number of aliphatic hydroxyl groups is 1.